The smallest absolute Gasteiger partial charge is 0.254 e. The average Bonchev–Trinajstić information content (AvgIpc) is 2.79. The van der Waals surface area contributed by atoms with E-state index in [0.29, 0.717) is 30.3 Å². The standard InChI is InChI=1S/C24H25FN4O2/c1-16-3-7-20(22-13-26-9-10-27-22)21(11-16)24(30)29-14-18(5-4-17(29)2)15-31-23-8-6-19(25)12-28-23/h3,6-13,17-18H,4-5,14-15H2,1-2H3/t17-,18-/m0/s1. The Balaban J connectivity index is 1.52. The molecule has 6 nitrogen and oxygen atoms in total. The fraction of sp³-hybridized carbons (Fsp3) is 0.333. The molecule has 1 aliphatic heterocycles. The van der Waals surface area contributed by atoms with E-state index in [0.717, 1.165) is 30.2 Å². The number of nitrogens with zero attached hydrogens (tertiary/aromatic N) is 4. The van der Waals surface area contributed by atoms with E-state index in [9.17, 15) is 9.18 Å². The van der Waals surface area contributed by atoms with E-state index in [1.165, 1.54) is 12.1 Å². The molecule has 4 rings (SSSR count). The zero-order valence-corrected chi connectivity index (χ0v) is 17.7. The summed E-state index contributed by atoms with van der Waals surface area (Å²) >= 11 is 0. The Labute approximate surface area is 181 Å². The number of halogens is 1. The molecule has 0 unspecified atom stereocenters. The Morgan fingerprint density at radius 3 is 2.77 bits per heavy atom. The van der Waals surface area contributed by atoms with Gasteiger partial charge in [0.1, 0.15) is 5.82 Å². The van der Waals surface area contributed by atoms with E-state index in [2.05, 4.69) is 21.9 Å². The van der Waals surface area contributed by atoms with Gasteiger partial charge < -0.3 is 9.64 Å². The van der Waals surface area contributed by atoms with Gasteiger partial charge in [-0.25, -0.2) is 9.37 Å². The summed E-state index contributed by atoms with van der Waals surface area (Å²) in [6.07, 6.45) is 7.91. The van der Waals surface area contributed by atoms with E-state index in [1.54, 1.807) is 18.6 Å². The Kier molecular flexibility index (Phi) is 6.21. The lowest BCUT2D eigenvalue weighted by molar-refractivity contribution is 0.0503. The maximum atomic E-state index is 13.6. The van der Waals surface area contributed by atoms with Gasteiger partial charge in [-0.15, -0.1) is 0 Å². The Morgan fingerprint density at radius 1 is 1.16 bits per heavy atom. The lowest BCUT2D eigenvalue weighted by atomic mass is 9.92. The van der Waals surface area contributed by atoms with Gasteiger partial charge in [0.2, 0.25) is 5.88 Å². The van der Waals surface area contributed by atoms with Crippen LogP contribution in [0.15, 0.2) is 55.1 Å². The molecule has 3 aromatic rings. The summed E-state index contributed by atoms with van der Waals surface area (Å²) in [7, 11) is 0. The summed E-state index contributed by atoms with van der Waals surface area (Å²) < 4.78 is 18.8. The number of amides is 1. The molecule has 0 saturated carbocycles. The van der Waals surface area contributed by atoms with Crippen molar-refractivity contribution in [2.75, 3.05) is 13.2 Å². The number of carbonyl (C=O) groups is 1. The largest absolute Gasteiger partial charge is 0.477 e. The maximum absolute atomic E-state index is 13.6. The van der Waals surface area contributed by atoms with Crippen molar-refractivity contribution < 1.29 is 13.9 Å². The van der Waals surface area contributed by atoms with E-state index < -0.39 is 5.82 Å². The van der Waals surface area contributed by atoms with Gasteiger partial charge in [0, 0.05) is 48.1 Å². The number of carbonyl (C=O) groups excluding carboxylic acids is 1. The zero-order chi connectivity index (χ0) is 21.8. The highest BCUT2D eigenvalue weighted by atomic mass is 19.1. The fourth-order valence-electron chi connectivity index (χ4n) is 3.90. The fourth-order valence-corrected chi connectivity index (χ4v) is 3.90. The molecular weight excluding hydrogens is 395 g/mol. The van der Waals surface area contributed by atoms with Crippen LogP contribution in [0.2, 0.25) is 0 Å². The van der Waals surface area contributed by atoms with Crippen molar-refractivity contribution in [3.63, 3.8) is 0 Å². The minimum absolute atomic E-state index is 0.0125. The first-order chi connectivity index (χ1) is 15.0. The van der Waals surface area contributed by atoms with Gasteiger partial charge in [-0.2, -0.15) is 0 Å². The van der Waals surface area contributed by atoms with Crippen LogP contribution in [0, 0.1) is 18.7 Å². The summed E-state index contributed by atoms with van der Waals surface area (Å²) in [5.74, 6) is 0.160. The number of rotatable bonds is 5. The van der Waals surface area contributed by atoms with Crippen LogP contribution in [0.25, 0.3) is 11.3 Å². The van der Waals surface area contributed by atoms with Crippen LogP contribution in [-0.4, -0.2) is 45.0 Å². The molecule has 7 heteroatoms. The van der Waals surface area contributed by atoms with E-state index in [-0.39, 0.29) is 17.9 Å². The number of ether oxygens (including phenoxy) is 1. The van der Waals surface area contributed by atoms with Gasteiger partial charge in [0.25, 0.3) is 5.91 Å². The number of pyridine rings is 1. The van der Waals surface area contributed by atoms with Crippen LogP contribution < -0.4 is 4.74 Å². The summed E-state index contributed by atoms with van der Waals surface area (Å²) in [6, 6.07) is 8.80. The van der Waals surface area contributed by atoms with Crippen molar-refractivity contribution in [3.8, 4) is 17.1 Å². The minimum Gasteiger partial charge on any atom is -0.477 e. The lowest BCUT2D eigenvalue weighted by Gasteiger charge is -2.38. The van der Waals surface area contributed by atoms with Gasteiger partial charge in [-0.05, 0) is 38.8 Å². The Morgan fingerprint density at radius 2 is 2.03 bits per heavy atom. The van der Waals surface area contributed by atoms with Gasteiger partial charge >= 0.3 is 0 Å². The van der Waals surface area contributed by atoms with Gasteiger partial charge in [0.05, 0.1) is 24.7 Å². The molecule has 1 fully saturated rings. The monoisotopic (exact) mass is 420 g/mol. The zero-order valence-electron chi connectivity index (χ0n) is 17.7. The first-order valence-electron chi connectivity index (χ1n) is 10.4. The Hall–Kier alpha value is -3.35. The van der Waals surface area contributed by atoms with E-state index in [1.807, 2.05) is 30.0 Å². The van der Waals surface area contributed by atoms with Crippen molar-refractivity contribution in [2.45, 2.75) is 32.7 Å². The molecule has 1 saturated heterocycles. The van der Waals surface area contributed by atoms with Crippen molar-refractivity contribution in [1.29, 1.82) is 0 Å². The molecule has 0 spiro atoms. The number of hydrogen-bond acceptors (Lipinski definition) is 5. The van der Waals surface area contributed by atoms with Crippen molar-refractivity contribution >= 4 is 5.91 Å². The number of hydrogen-bond donors (Lipinski definition) is 0. The van der Waals surface area contributed by atoms with Crippen molar-refractivity contribution in [1.82, 2.24) is 19.9 Å². The molecular formula is C24H25FN4O2. The van der Waals surface area contributed by atoms with Gasteiger partial charge in [-0.1, -0.05) is 17.7 Å². The van der Waals surface area contributed by atoms with Crippen LogP contribution in [0.4, 0.5) is 4.39 Å². The van der Waals surface area contributed by atoms with Crippen LogP contribution in [0.3, 0.4) is 0 Å². The first-order valence-corrected chi connectivity index (χ1v) is 10.4. The summed E-state index contributed by atoms with van der Waals surface area (Å²) in [4.78, 5) is 28.0. The SMILES string of the molecule is Cc1ccc(-c2cnccn2)c(C(=O)N2C[C@@H](COc3ccc(F)cn3)CC[C@@H]2C)c1. The van der Waals surface area contributed by atoms with Crippen LogP contribution in [-0.2, 0) is 0 Å². The van der Waals surface area contributed by atoms with Gasteiger partial charge in [-0.3, -0.25) is 14.8 Å². The highest BCUT2D eigenvalue weighted by molar-refractivity contribution is 6.00. The molecule has 1 amide bonds. The van der Waals surface area contributed by atoms with Crippen LogP contribution in [0.5, 0.6) is 5.88 Å². The average molecular weight is 420 g/mol. The third-order valence-corrected chi connectivity index (χ3v) is 5.65. The molecule has 0 N–H and O–H groups in total. The summed E-state index contributed by atoms with van der Waals surface area (Å²) in [6.45, 7) is 5.08. The quantitative estimate of drug-likeness (QED) is 0.615. The van der Waals surface area contributed by atoms with Crippen molar-refractivity contribution in [2.24, 2.45) is 5.92 Å². The number of aromatic nitrogens is 3. The van der Waals surface area contributed by atoms with Crippen LogP contribution >= 0.6 is 0 Å². The molecule has 31 heavy (non-hydrogen) atoms. The van der Waals surface area contributed by atoms with E-state index in [4.69, 9.17) is 4.74 Å². The number of benzene rings is 1. The molecule has 0 radical (unpaired) electrons. The second kappa shape index (κ2) is 9.20. The van der Waals surface area contributed by atoms with Crippen LogP contribution in [0.1, 0.15) is 35.7 Å². The van der Waals surface area contributed by atoms with Crippen molar-refractivity contribution in [3.05, 3.63) is 72.1 Å². The first kappa shape index (κ1) is 20.9. The minimum atomic E-state index is -0.396. The second-order valence-electron chi connectivity index (χ2n) is 8.02. The van der Waals surface area contributed by atoms with Gasteiger partial charge in [0.15, 0.2) is 0 Å². The third-order valence-electron chi connectivity index (χ3n) is 5.65. The second-order valence-corrected chi connectivity index (χ2v) is 8.02. The Bertz CT molecular complexity index is 1040. The molecule has 3 heterocycles. The third kappa shape index (κ3) is 4.87. The highest BCUT2D eigenvalue weighted by Crippen LogP contribution is 2.29. The topological polar surface area (TPSA) is 68.2 Å². The molecule has 0 bridgehead atoms. The molecule has 1 aromatic carbocycles. The predicted molar refractivity (Wildman–Crippen MR) is 115 cm³/mol. The number of likely N-dealkylation sites (tertiary alicyclic amines) is 1. The molecule has 160 valence electrons. The van der Waals surface area contributed by atoms with E-state index >= 15 is 0 Å². The maximum Gasteiger partial charge on any atom is 0.254 e. The molecule has 1 aliphatic rings. The summed E-state index contributed by atoms with van der Waals surface area (Å²) in [5, 5.41) is 0. The molecule has 2 atom stereocenters. The molecule has 0 aliphatic carbocycles. The normalized spacial score (nSPS) is 18.6. The lowest BCUT2D eigenvalue weighted by Crippen LogP contribution is -2.47. The summed E-state index contributed by atoms with van der Waals surface area (Å²) in [5.41, 5.74) is 3.11. The number of aryl methyl sites for hydroxylation is 1. The predicted octanol–water partition coefficient (Wildman–Crippen LogP) is 4.31. The number of piperidine rings is 1. The highest BCUT2D eigenvalue weighted by Gasteiger charge is 2.31. The molecule has 2 aromatic heterocycles.